The predicted octanol–water partition coefficient (Wildman–Crippen LogP) is 3.66. The summed E-state index contributed by atoms with van der Waals surface area (Å²) in [5, 5.41) is 0. The molecule has 4 nitrogen and oxygen atoms in total. The molecule has 0 unspecified atom stereocenters. The Morgan fingerprint density at radius 3 is 2.15 bits per heavy atom. The summed E-state index contributed by atoms with van der Waals surface area (Å²) in [6.45, 7) is 10.0. The van der Waals surface area contributed by atoms with Crippen LogP contribution in [0.3, 0.4) is 0 Å². The van der Waals surface area contributed by atoms with Crippen molar-refractivity contribution >= 4 is 11.6 Å². The Labute approximate surface area is 156 Å². The van der Waals surface area contributed by atoms with Crippen molar-refractivity contribution in [3.05, 3.63) is 59.9 Å². The van der Waals surface area contributed by atoms with Crippen molar-refractivity contribution in [2.24, 2.45) is 0 Å². The average molecular weight is 351 g/mol. The third-order valence-corrected chi connectivity index (χ3v) is 5.11. The molecule has 1 aliphatic heterocycles. The average Bonchev–Trinajstić information content (AvgIpc) is 2.66. The highest BCUT2D eigenvalue weighted by Crippen LogP contribution is 2.22. The van der Waals surface area contributed by atoms with E-state index in [-0.39, 0.29) is 11.3 Å². The summed E-state index contributed by atoms with van der Waals surface area (Å²) in [5.74, 6) is 0.263. The van der Waals surface area contributed by atoms with Gasteiger partial charge in [-0.1, -0.05) is 45.0 Å². The zero-order valence-corrected chi connectivity index (χ0v) is 16.1. The minimum Gasteiger partial charge on any atom is -0.368 e. The molecule has 1 aromatic heterocycles. The summed E-state index contributed by atoms with van der Waals surface area (Å²) in [5.41, 5.74) is 3.93. The van der Waals surface area contributed by atoms with Crippen LogP contribution in [0, 0.1) is 0 Å². The molecule has 0 N–H and O–H groups in total. The van der Waals surface area contributed by atoms with Crippen LogP contribution in [-0.2, 0) is 16.6 Å². The fraction of sp³-hybridized carbons (Fsp3) is 0.455. The first kappa shape index (κ1) is 18.4. The highest BCUT2D eigenvalue weighted by molar-refractivity contribution is 5.76. The lowest BCUT2D eigenvalue weighted by atomic mass is 9.86. The van der Waals surface area contributed by atoms with Crippen molar-refractivity contribution in [1.29, 1.82) is 0 Å². The van der Waals surface area contributed by atoms with Crippen molar-refractivity contribution in [2.75, 3.05) is 31.1 Å². The second-order valence-corrected chi connectivity index (χ2v) is 8.02. The van der Waals surface area contributed by atoms with Gasteiger partial charge in [-0.05, 0) is 35.1 Å². The lowest BCUT2D eigenvalue weighted by Crippen LogP contribution is -2.48. The molecule has 1 aliphatic rings. The number of pyridine rings is 1. The first-order valence-corrected chi connectivity index (χ1v) is 9.46. The number of nitrogens with zero attached hydrogens (tertiary/aromatic N) is 3. The highest BCUT2D eigenvalue weighted by atomic mass is 16.2. The third kappa shape index (κ3) is 4.63. The van der Waals surface area contributed by atoms with Crippen LogP contribution in [0.5, 0.6) is 0 Å². The smallest absolute Gasteiger partial charge is 0.223 e. The van der Waals surface area contributed by atoms with Gasteiger partial charge in [0.2, 0.25) is 5.91 Å². The van der Waals surface area contributed by atoms with Crippen LogP contribution in [0.2, 0.25) is 0 Å². The van der Waals surface area contributed by atoms with Gasteiger partial charge >= 0.3 is 0 Å². The van der Waals surface area contributed by atoms with E-state index in [1.807, 2.05) is 29.4 Å². The number of aryl methyl sites for hydroxylation is 1. The van der Waals surface area contributed by atoms with E-state index in [9.17, 15) is 4.79 Å². The number of hydrogen-bond donors (Lipinski definition) is 0. The summed E-state index contributed by atoms with van der Waals surface area (Å²) in [6, 6.07) is 12.8. The molecule has 4 heteroatoms. The zero-order chi connectivity index (χ0) is 18.6. The van der Waals surface area contributed by atoms with Crippen LogP contribution in [0.15, 0.2) is 48.8 Å². The molecule has 0 saturated carbocycles. The number of amides is 1. The molecule has 138 valence electrons. The minimum absolute atomic E-state index is 0.169. The minimum atomic E-state index is 0.169. The van der Waals surface area contributed by atoms with Gasteiger partial charge in [-0.25, -0.2) is 0 Å². The van der Waals surface area contributed by atoms with Gasteiger partial charge in [0, 0.05) is 50.7 Å². The molecule has 0 aliphatic carbocycles. The Hall–Kier alpha value is -2.36. The Bertz CT molecular complexity index is 711. The molecule has 1 aromatic carbocycles. The molecule has 26 heavy (non-hydrogen) atoms. The van der Waals surface area contributed by atoms with Gasteiger partial charge in [-0.2, -0.15) is 0 Å². The van der Waals surface area contributed by atoms with Gasteiger partial charge in [0.15, 0.2) is 0 Å². The number of carbonyl (C=O) groups excluding carboxylic acids is 1. The Kier molecular flexibility index (Phi) is 5.60. The van der Waals surface area contributed by atoms with Crippen molar-refractivity contribution < 1.29 is 4.79 Å². The molecular formula is C22H29N3O. The van der Waals surface area contributed by atoms with Crippen LogP contribution in [0.1, 0.15) is 38.3 Å². The monoisotopic (exact) mass is 351 g/mol. The summed E-state index contributed by atoms with van der Waals surface area (Å²) in [6.07, 6.45) is 5.04. The van der Waals surface area contributed by atoms with Gasteiger partial charge in [-0.15, -0.1) is 0 Å². The molecule has 0 radical (unpaired) electrons. The van der Waals surface area contributed by atoms with E-state index in [4.69, 9.17) is 0 Å². The van der Waals surface area contributed by atoms with Crippen LogP contribution in [-0.4, -0.2) is 42.0 Å². The van der Waals surface area contributed by atoms with Gasteiger partial charge in [-0.3, -0.25) is 9.78 Å². The molecule has 2 aromatic rings. The van der Waals surface area contributed by atoms with E-state index in [0.29, 0.717) is 6.42 Å². The van der Waals surface area contributed by atoms with Gasteiger partial charge in [0.1, 0.15) is 0 Å². The SMILES string of the molecule is CC(C)(C)c1ccc(CCC(=O)N2CCN(c3ccncc3)CC2)cc1. The number of anilines is 1. The molecule has 2 heterocycles. The number of carbonyl (C=O) groups is 1. The first-order chi connectivity index (χ1) is 12.4. The second kappa shape index (κ2) is 7.90. The largest absolute Gasteiger partial charge is 0.368 e. The molecule has 1 saturated heterocycles. The fourth-order valence-electron chi connectivity index (χ4n) is 3.35. The Morgan fingerprint density at radius 1 is 0.962 bits per heavy atom. The molecular weight excluding hydrogens is 322 g/mol. The van der Waals surface area contributed by atoms with E-state index >= 15 is 0 Å². The number of piperazine rings is 1. The summed E-state index contributed by atoms with van der Waals surface area (Å²) >= 11 is 0. The predicted molar refractivity (Wildman–Crippen MR) is 106 cm³/mol. The van der Waals surface area contributed by atoms with Gasteiger partial charge < -0.3 is 9.80 Å². The van der Waals surface area contributed by atoms with Crippen LogP contribution >= 0.6 is 0 Å². The molecule has 1 amide bonds. The first-order valence-electron chi connectivity index (χ1n) is 9.46. The number of rotatable bonds is 4. The summed E-state index contributed by atoms with van der Waals surface area (Å²) in [4.78, 5) is 20.9. The molecule has 1 fully saturated rings. The Balaban J connectivity index is 1.47. The quantitative estimate of drug-likeness (QED) is 0.843. The van der Waals surface area contributed by atoms with E-state index in [1.165, 1.54) is 16.8 Å². The van der Waals surface area contributed by atoms with Crippen molar-refractivity contribution in [3.63, 3.8) is 0 Å². The maximum Gasteiger partial charge on any atom is 0.223 e. The van der Waals surface area contributed by atoms with Crippen molar-refractivity contribution in [3.8, 4) is 0 Å². The van der Waals surface area contributed by atoms with Gasteiger partial charge in [0.25, 0.3) is 0 Å². The summed E-state index contributed by atoms with van der Waals surface area (Å²) < 4.78 is 0. The van der Waals surface area contributed by atoms with E-state index < -0.39 is 0 Å². The standard InChI is InChI=1S/C22H29N3O/c1-22(2,3)19-7-4-18(5-8-19)6-9-21(26)25-16-14-24(15-17-25)20-10-12-23-13-11-20/h4-5,7-8,10-13H,6,9,14-17H2,1-3H3. The maximum absolute atomic E-state index is 12.5. The number of benzene rings is 1. The third-order valence-electron chi connectivity index (χ3n) is 5.11. The lowest BCUT2D eigenvalue weighted by Gasteiger charge is -2.36. The van der Waals surface area contributed by atoms with Crippen molar-refractivity contribution in [2.45, 2.75) is 39.0 Å². The highest BCUT2D eigenvalue weighted by Gasteiger charge is 2.21. The Morgan fingerprint density at radius 2 is 1.58 bits per heavy atom. The normalized spacial score (nSPS) is 15.2. The van der Waals surface area contributed by atoms with E-state index in [2.05, 4.69) is 54.9 Å². The molecule has 0 spiro atoms. The topological polar surface area (TPSA) is 36.4 Å². The molecule has 0 atom stereocenters. The molecule has 0 bridgehead atoms. The van der Waals surface area contributed by atoms with E-state index in [0.717, 1.165) is 32.6 Å². The van der Waals surface area contributed by atoms with E-state index in [1.54, 1.807) is 0 Å². The fourth-order valence-corrected chi connectivity index (χ4v) is 3.35. The summed E-state index contributed by atoms with van der Waals surface area (Å²) in [7, 11) is 0. The van der Waals surface area contributed by atoms with Crippen LogP contribution in [0.25, 0.3) is 0 Å². The molecule has 3 rings (SSSR count). The van der Waals surface area contributed by atoms with Crippen LogP contribution in [0.4, 0.5) is 5.69 Å². The maximum atomic E-state index is 12.5. The number of aromatic nitrogens is 1. The second-order valence-electron chi connectivity index (χ2n) is 8.02. The van der Waals surface area contributed by atoms with Crippen molar-refractivity contribution in [1.82, 2.24) is 9.88 Å². The lowest BCUT2D eigenvalue weighted by molar-refractivity contribution is -0.131. The number of hydrogen-bond acceptors (Lipinski definition) is 3. The zero-order valence-electron chi connectivity index (χ0n) is 16.1. The van der Waals surface area contributed by atoms with Gasteiger partial charge in [0.05, 0.1) is 0 Å². The van der Waals surface area contributed by atoms with Crippen LogP contribution < -0.4 is 4.90 Å².